The highest BCUT2D eigenvalue weighted by atomic mass is 32.2. The quantitative estimate of drug-likeness (QED) is 0.591. The molecule has 1 aromatic heterocycles. The molecule has 0 unspecified atom stereocenters. The molecule has 3 N–H and O–H groups in total. The molecule has 0 saturated heterocycles. The number of rotatable bonds is 6. The summed E-state index contributed by atoms with van der Waals surface area (Å²) in [5.74, 6) is 0.544. The molecule has 1 aromatic carbocycles. The second-order valence-electron chi connectivity index (χ2n) is 9.10. The third kappa shape index (κ3) is 5.79. The number of carbonyl (C=O) groups is 2. The SMILES string of the molecule is CC(C)(C)OC(=O)NS(=O)(=O)NCc1cccc(-c2ccnc3c2CN(C2CC2)C(=O)N3)c1. The second-order valence-corrected chi connectivity index (χ2v) is 10.6. The molecule has 1 fully saturated rings. The number of ether oxygens (including phenoxy) is 1. The van der Waals surface area contributed by atoms with Crippen LogP contribution in [-0.4, -0.2) is 42.1 Å². The van der Waals surface area contributed by atoms with Crippen LogP contribution in [0.4, 0.5) is 15.4 Å². The number of nitrogens with one attached hydrogen (secondary N) is 3. The number of hydrogen-bond donors (Lipinski definition) is 3. The predicted octanol–water partition coefficient (Wildman–Crippen LogP) is 3.12. The van der Waals surface area contributed by atoms with Crippen molar-refractivity contribution >= 4 is 28.2 Å². The lowest BCUT2D eigenvalue weighted by molar-refractivity contribution is 0.0569. The summed E-state index contributed by atoms with van der Waals surface area (Å²) >= 11 is 0. The van der Waals surface area contributed by atoms with Crippen LogP contribution in [0.1, 0.15) is 44.7 Å². The first kappa shape index (κ1) is 23.0. The van der Waals surface area contributed by atoms with E-state index in [0.29, 0.717) is 17.9 Å². The summed E-state index contributed by atoms with van der Waals surface area (Å²) in [5.41, 5.74) is 2.60. The number of carbonyl (C=O) groups excluding carboxylic acids is 2. The van der Waals surface area contributed by atoms with E-state index in [-0.39, 0.29) is 18.6 Å². The molecule has 1 aliphatic carbocycles. The fraction of sp³-hybridized carbons (Fsp3) is 0.409. The molecular formula is C22H27N5O5S. The highest BCUT2D eigenvalue weighted by molar-refractivity contribution is 7.88. The van der Waals surface area contributed by atoms with Crippen LogP contribution >= 0.6 is 0 Å². The minimum Gasteiger partial charge on any atom is -0.443 e. The number of nitrogens with zero attached hydrogens (tertiary/aromatic N) is 2. The molecule has 33 heavy (non-hydrogen) atoms. The lowest BCUT2D eigenvalue weighted by atomic mass is 9.98. The summed E-state index contributed by atoms with van der Waals surface area (Å²) < 4.78 is 33.6. The van der Waals surface area contributed by atoms with Gasteiger partial charge in [0.05, 0.1) is 6.54 Å². The van der Waals surface area contributed by atoms with Crippen LogP contribution in [0.2, 0.25) is 0 Å². The highest BCUT2D eigenvalue weighted by Crippen LogP contribution is 2.36. The van der Waals surface area contributed by atoms with Gasteiger partial charge in [-0.1, -0.05) is 18.2 Å². The molecule has 176 valence electrons. The summed E-state index contributed by atoms with van der Waals surface area (Å²) in [6.45, 7) is 5.39. The molecule has 0 radical (unpaired) electrons. The molecule has 2 heterocycles. The Morgan fingerprint density at radius 3 is 2.73 bits per heavy atom. The minimum atomic E-state index is -4.10. The second kappa shape index (κ2) is 8.64. The maximum Gasteiger partial charge on any atom is 0.422 e. The molecular weight excluding hydrogens is 446 g/mol. The average Bonchev–Trinajstić information content (AvgIpc) is 3.55. The van der Waals surface area contributed by atoms with Gasteiger partial charge in [-0.05, 0) is 62.4 Å². The fourth-order valence-electron chi connectivity index (χ4n) is 3.60. The molecule has 4 rings (SSSR count). The van der Waals surface area contributed by atoms with Crippen molar-refractivity contribution in [2.75, 3.05) is 5.32 Å². The van der Waals surface area contributed by atoms with E-state index >= 15 is 0 Å². The Kier molecular flexibility index (Phi) is 6.02. The molecule has 0 bridgehead atoms. The van der Waals surface area contributed by atoms with Gasteiger partial charge < -0.3 is 9.64 Å². The van der Waals surface area contributed by atoms with Crippen molar-refractivity contribution in [3.8, 4) is 11.1 Å². The zero-order valence-corrected chi connectivity index (χ0v) is 19.5. The number of amides is 3. The van der Waals surface area contributed by atoms with Gasteiger partial charge in [-0.2, -0.15) is 13.1 Å². The molecule has 10 nitrogen and oxygen atoms in total. The number of benzene rings is 1. The van der Waals surface area contributed by atoms with Gasteiger partial charge in [0.1, 0.15) is 11.4 Å². The van der Waals surface area contributed by atoms with Crippen molar-refractivity contribution in [3.63, 3.8) is 0 Å². The van der Waals surface area contributed by atoms with Crippen LogP contribution in [-0.2, 0) is 28.0 Å². The van der Waals surface area contributed by atoms with Crippen molar-refractivity contribution in [1.29, 1.82) is 0 Å². The third-order valence-electron chi connectivity index (χ3n) is 5.18. The number of urea groups is 1. The lowest BCUT2D eigenvalue weighted by Crippen LogP contribution is -2.42. The molecule has 0 spiro atoms. The van der Waals surface area contributed by atoms with E-state index in [1.807, 2.05) is 33.9 Å². The Hall–Kier alpha value is -3.18. The van der Waals surface area contributed by atoms with Gasteiger partial charge >= 0.3 is 22.3 Å². The average molecular weight is 474 g/mol. The van der Waals surface area contributed by atoms with Crippen LogP contribution < -0.4 is 14.8 Å². The Morgan fingerprint density at radius 2 is 2.03 bits per heavy atom. The zero-order chi connectivity index (χ0) is 23.8. The molecule has 3 amide bonds. The Balaban J connectivity index is 1.49. The lowest BCUT2D eigenvalue weighted by Gasteiger charge is -2.30. The third-order valence-corrected chi connectivity index (χ3v) is 6.14. The normalized spacial score (nSPS) is 16.1. The number of fused-ring (bicyclic) bond motifs is 1. The molecule has 1 saturated carbocycles. The van der Waals surface area contributed by atoms with Crippen molar-refractivity contribution in [1.82, 2.24) is 19.3 Å². The van der Waals surface area contributed by atoms with Crippen molar-refractivity contribution in [2.45, 2.75) is 58.3 Å². The molecule has 0 atom stereocenters. The predicted molar refractivity (Wildman–Crippen MR) is 122 cm³/mol. The Labute approximate surface area is 192 Å². The maximum atomic E-state index is 12.3. The van der Waals surface area contributed by atoms with Crippen LogP contribution in [0.3, 0.4) is 0 Å². The molecule has 1 aliphatic heterocycles. The van der Waals surface area contributed by atoms with Gasteiger partial charge in [0.25, 0.3) is 0 Å². The Morgan fingerprint density at radius 1 is 1.27 bits per heavy atom. The smallest absolute Gasteiger partial charge is 0.422 e. The summed E-state index contributed by atoms with van der Waals surface area (Å²) in [7, 11) is -4.10. The monoisotopic (exact) mass is 473 g/mol. The first-order valence-electron chi connectivity index (χ1n) is 10.7. The first-order chi connectivity index (χ1) is 15.5. The van der Waals surface area contributed by atoms with E-state index in [1.54, 1.807) is 33.0 Å². The number of hydrogen-bond acceptors (Lipinski definition) is 6. The van der Waals surface area contributed by atoms with E-state index in [9.17, 15) is 18.0 Å². The van der Waals surface area contributed by atoms with Gasteiger partial charge in [-0.3, -0.25) is 5.32 Å². The maximum absolute atomic E-state index is 12.3. The van der Waals surface area contributed by atoms with E-state index in [1.165, 1.54) is 0 Å². The van der Waals surface area contributed by atoms with E-state index < -0.39 is 21.9 Å². The van der Waals surface area contributed by atoms with Gasteiger partial charge in [0, 0.05) is 24.3 Å². The van der Waals surface area contributed by atoms with Crippen LogP contribution in [0.25, 0.3) is 11.1 Å². The largest absolute Gasteiger partial charge is 0.443 e. The number of pyridine rings is 1. The standard InChI is InChI=1S/C22H27N5O5S/c1-22(2,3)32-21(29)26-33(30,31)24-12-14-5-4-6-15(11-14)17-9-10-23-19-18(17)13-27(16-7-8-16)20(28)25-19/h4-6,9-11,16,24H,7-8,12-13H2,1-3H3,(H,26,29)(H,23,25,28). The number of aromatic nitrogens is 1. The Bertz CT molecular complexity index is 1190. The number of anilines is 1. The summed E-state index contributed by atoms with van der Waals surface area (Å²) in [6.07, 6.45) is 2.60. The van der Waals surface area contributed by atoms with Crippen molar-refractivity contribution in [3.05, 3.63) is 47.7 Å². The van der Waals surface area contributed by atoms with Gasteiger partial charge in [0.2, 0.25) is 0 Å². The molecule has 2 aromatic rings. The van der Waals surface area contributed by atoms with Gasteiger partial charge in [-0.25, -0.2) is 19.3 Å². The topological polar surface area (TPSA) is 130 Å². The summed E-state index contributed by atoms with van der Waals surface area (Å²) in [5, 5.41) is 2.87. The van der Waals surface area contributed by atoms with Gasteiger partial charge in [0.15, 0.2) is 0 Å². The van der Waals surface area contributed by atoms with Crippen LogP contribution in [0, 0.1) is 0 Å². The fourth-order valence-corrected chi connectivity index (χ4v) is 4.29. The van der Waals surface area contributed by atoms with Gasteiger partial charge in [-0.15, -0.1) is 0 Å². The highest BCUT2D eigenvalue weighted by Gasteiger charge is 2.36. The van der Waals surface area contributed by atoms with E-state index in [0.717, 1.165) is 29.5 Å². The van der Waals surface area contributed by atoms with E-state index in [4.69, 9.17) is 4.74 Å². The summed E-state index contributed by atoms with van der Waals surface area (Å²) in [4.78, 5) is 30.3. The minimum absolute atomic E-state index is 0.0236. The zero-order valence-electron chi connectivity index (χ0n) is 18.7. The summed E-state index contributed by atoms with van der Waals surface area (Å²) in [6, 6.07) is 9.42. The molecule has 2 aliphatic rings. The van der Waals surface area contributed by atoms with Crippen molar-refractivity contribution < 1.29 is 22.7 Å². The van der Waals surface area contributed by atoms with Crippen molar-refractivity contribution in [2.24, 2.45) is 0 Å². The molecule has 11 heteroatoms. The van der Waals surface area contributed by atoms with Crippen LogP contribution in [0.15, 0.2) is 36.5 Å². The van der Waals surface area contributed by atoms with E-state index in [2.05, 4.69) is 15.0 Å². The van der Waals surface area contributed by atoms with Crippen LogP contribution in [0.5, 0.6) is 0 Å². The first-order valence-corrected chi connectivity index (χ1v) is 12.1.